The van der Waals surface area contributed by atoms with E-state index in [-0.39, 0.29) is 0 Å². The summed E-state index contributed by atoms with van der Waals surface area (Å²) in [5.74, 6) is 0. The summed E-state index contributed by atoms with van der Waals surface area (Å²) in [6.07, 6.45) is 2.98. The molecule has 0 saturated carbocycles. The van der Waals surface area contributed by atoms with Crippen LogP contribution in [0.3, 0.4) is 0 Å². The zero-order valence-corrected chi connectivity index (χ0v) is 10.1. The second-order valence-corrected chi connectivity index (χ2v) is 4.11. The minimum Gasteiger partial charge on any atom is -0.161 e. The summed E-state index contributed by atoms with van der Waals surface area (Å²) in [6.45, 7) is 5.06. The quantitative estimate of drug-likeness (QED) is 0.715. The van der Waals surface area contributed by atoms with Gasteiger partial charge in [-0.3, -0.25) is 0 Å². The largest absolute Gasteiger partial charge is 0.209 e. The van der Waals surface area contributed by atoms with E-state index in [1.54, 1.807) is 0 Å². The predicted octanol–water partition coefficient (Wildman–Crippen LogP) is 1.63. The van der Waals surface area contributed by atoms with Gasteiger partial charge in [-0.05, 0) is 22.3 Å². The lowest BCUT2D eigenvalue weighted by Crippen LogP contribution is -2.41. The Hall–Kier alpha value is -1.64. The fourth-order valence-electron chi connectivity index (χ4n) is 1.68. The van der Waals surface area contributed by atoms with Crippen molar-refractivity contribution in [2.75, 3.05) is 0 Å². The zero-order valence-electron chi connectivity index (χ0n) is 10.1. The Balaban J connectivity index is 2.17. The summed E-state index contributed by atoms with van der Waals surface area (Å²) in [5.41, 5.74) is 3.84. The highest BCUT2D eigenvalue weighted by molar-refractivity contribution is 5.22. The van der Waals surface area contributed by atoms with Gasteiger partial charge in [0.25, 0.3) is 0 Å². The van der Waals surface area contributed by atoms with Gasteiger partial charge in [0.1, 0.15) is 13.6 Å². The number of aromatic nitrogens is 3. The van der Waals surface area contributed by atoms with Gasteiger partial charge in [0.05, 0.1) is 0 Å². The maximum absolute atomic E-state index is 4.33. The van der Waals surface area contributed by atoms with Crippen LogP contribution in [0.2, 0.25) is 0 Å². The number of hydrogen-bond donors (Lipinski definition) is 0. The molecule has 2 aromatic rings. The molecular formula is C13H18N3+. The van der Waals surface area contributed by atoms with Crippen molar-refractivity contribution in [3.05, 3.63) is 47.3 Å². The number of benzene rings is 1. The first-order chi connectivity index (χ1) is 7.70. The molecular weight excluding hydrogens is 198 g/mol. The molecule has 0 N–H and O–H groups in total. The second kappa shape index (κ2) is 4.47. The monoisotopic (exact) mass is 216 g/mol. The molecule has 0 unspecified atom stereocenters. The lowest BCUT2D eigenvalue weighted by atomic mass is 10.1. The molecule has 0 fully saturated rings. The molecule has 1 aromatic carbocycles. The standard InChI is InChI=1S/C13H18N3/c1-4-12-5-7-13(8-6-12)10-16-14-9-11(2)15(16)3/h5-9H,4,10H2,1-3H3/q+1. The molecule has 0 aliphatic rings. The highest BCUT2D eigenvalue weighted by atomic mass is 15.5. The molecule has 2 rings (SSSR count). The van der Waals surface area contributed by atoms with Gasteiger partial charge in [-0.15, -0.1) is 0 Å². The Kier molecular flexibility index (Phi) is 3.04. The molecule has 0 aliphatic carbocycles. The van der Waals surface area contributed by atoms with Crippen LogP contribution in [0.15, 0.2) is 30.5 Å². The molecule has 0 aliphatic heterocycles. The van der Waals surface area contributed by atoms with Crippen LogP contribution in [0.4, 0.5) is 0 Å². The van der Waals surface area contributed by atoms with Crippen molar-refractivity contribution in [3.8, 4) is 0 Å². The van der Waals surface area contributed by atoms with E-state index in [4.69, 9.17) is 0 Å². The second-order valence-electron chi connectivity index (χ2n) is 4.11. The van der Waals surface area contributed by atoms with E-state index in [1.165, 1.54) is 16.8 Å². The summed E-state index contributed by atoms with van der Waals surface area (Å²) in [7, 11) is 2.03. The third kappa shape index (κ3) is 2.13. The van der Waals surface area contributed by atoms with E-state index < -0.39 is 0 Å². The number of hydrogen-bond acceptors (Lipinski definition) is 1. The van der Waals surface area contributed by atoms with Crippen molar-refractivity contribution >= 4 is 0 Å². The molecule has 84 valence electrons. The maximum Gasteiger partial charge on any atom is 0.209 e. The highest BCUT2D eigenvalue weighted by Crippen LogP contribution is 2.05. The molecule has 0 saturated heterocycles. The van der Waals surface area contributed by atoms with Crippen LogP contribution in [0.5, 0.6) is 0 Å². The molecule has 1 heterocycles. The molecule has 1 aromatic heterocycles. The fraction of sp³-hybridized carbons (Fsp3) is 0.385. The van der Waals surface area contributed by atoms with Gasteiger partial charge < -0.3 is 0 Å². The minimum atomic E-state index is 0.828. The van der Waals surface area contributed by atoms with E-state index in [2.05, 4.69) is 47.9 Å². The molecule has 0 atom stereocenters. The van der Waals surface area contributed by atoms with Gasteiger partial charge in [-0.2, -0.15) is 4.68 Å². The smallest absolute Gasteiger partial charge is 0.161 e. The lowest BCUT2D eigenvalue weighted by Gasteiger charge is -2.01. The van der Waals surface area contributed by atoms with E-state index in [0.29, 0.717) is 0 Å². The first-order valence-electron chi connectivity index (χ1n) is 5.67. The Morgan fingerprint density at radius 2 is 1.81 bits per heavy atom. The Labute approximate surface area is 96.3 Å². The molecule has 3 heteroatoms. The van der Waals surface area contributed by atoms with Crippen LogP contribution in [-0.4, -0.2) is 9.90 Å². The third-order valence-corrected chi connectivity index (χ3v) is 2.99. The third-order valence-electron chi connectivity index (χ3n) is 2.99. The van der Waals surface area contributed by atoms with Crippen molar-refractivity contribution < 1.29 is 4.68 Å². The van der Waals surface area contributed by atoms with Gasteiger partial charge >= 0.3 is 0 Å². The summed E-state index contributed by atoms with van der Waals surface area (Å²) in [5, 5.41) is 4.33. The molecule has 0 bridgehead atoms. The first kappa shape index (κ1) is 10.9. The van der Waals surface area contributed by atoms with E-state index in [1.807, 2.05) is 18.0 Å². The summed E-state index contributed by atoms with van der Waals surface area (Å²) < 4.78 is 2.06. The van der Waals surface area contributed by atoms with Crippen LogP contribution < -0.4 is 4.68 Å². The van der Waals surface area contributed by atoms with Crippen LogP contribution >= 0.6 is 0 Å². The van der Waals surface area contributed by atoms with Crippen molar-refractivity contribution in [2.45, 2.75) is 26.8 Å². The highest BCUT2D eigenvalue weighted by Gasteiger charge is 2.09. The van der Waals surface area contributed by atoms with Crippen molar-refractivity contribution in [3.63, 3.8) is 0 Å². The first-order valence-corrected chi connectivity index (χ1v) is 5.67. The van der Waals surface area contributed by atoms with Gasteiger partial charge in [-0.1, -0.05) is 31.2 Å². The lowest BCUT2D eigenvalue weighted by molar-refractivity contribution is -0.762. The minimum absolute atomic E-state index is 0.828. The molecule has 0 radical (unpaired) electrons. The predicted molar refractivity (Wildman–Crippen MR) is 63.1 cm³/mol. The van der Waals surface area contributed by atoms with E-state index in [0.717, 1.165) is 13.0 Å². The number of aryl methyl sites for hydroxylation is 2. The van der Waals surface area contributed by atoms with Crippen LogP contribution in [-0.2, 0) is 20.0 Å². The Morgan fingerprint density at radius 3 is 2.31 bits per heavy atom. The average molecular weight is 216 g/mol. The van der Waals surface area contributed by atoms with Gasteiger partial charge in [0, 0.05) is 12.0 Å². The van der Waals surface area contributed by atoms with Gasteiger partial charge in [0.15, 0.2) is 5.69 Å². The van der Waals surface area contributed by atoms with E-state index in [9.17, 15) is 0 Å². The fourth-order valence-corrected chi connectivity index (χ4v) is 1.68. The van der Waals surface area contributed by atoms with Crippen molar-refractivity contribution in [2.24, 2.45) is 7.05 Å². The molecule has 0 amide bonds. The average Bonchev–Trinajstić information content (AvgIpc) is 2.62. The molecule has 16 heavy (non-hydrogen) atoms. The SMILES string of the molecule is CCc1ccc(Cn2ncc(C)[n+]2C)cc1. The Bertz CT molecular complexity index is 468. The topological polar surface area (TPSA) is 21.7 Å². The maximum atomic E-state index is 4.33. The number of nitrogens with zero attached hydrogens (tertiary/aromatic N) is 3. The van der Waals surface area contributed by atoms with Crippen molar-refractivity contribution in [1.29, 1.82) is 0 Å². The summed E-state index contributed by atoms with van der Waals surface area (Å²) in [6, 6.07) is 8.73. The van der Waals surface area contributed by atoms with Gasteiger partial charge in [-0.25, -0.2) is 0 Å². The summed E-state index contributed by atoms with van der Waals surface area (Å²) in [4.78, 5) is 1.97. The molecule has 0 spiro atoms. The van der Waals surface area contributed by atoms with E-state index >= 15 is 0 Å². The van der Waals surface area contributed by atoms with Crippen LogP contribution in [0.25, 0.3) is 0 Å². The number of rotatable bonds is 3. The van der Waals surface area contributed by atoms with Gasteiger partial charge in [0.2, 0.25) is 6.20 Å². The van der Waals surface area contributed by atoms with Crippen LogP contribution in [0.1, 0.15) is 23.7 Å². The molecule has 3 nitrogen and oxygen atoms in total. The van der Waals surface area contributed by atoms with Crippen molar-refractivity contribution in [1.82, 2.24) is 9.90 Å². The zero-order chi connectivity index (χ0) is 11.5. The normalized spacial score (nSPS) is 10.7. The summed E-state index contributed by atoms with van der Waals surface area (Å²) >= 11 is 0. The van der Waals surface area contributed by atoms with Crippen LogP contribution in [0, 0.1) is 6.92 Å². The Morgan fingerprint density at radius 1 is 1.19 bits per heavy atom.